The number of hydrogen-bond acceptors (Lipinski definition) is 5. The summed E-state index contributed by atoms with van der Waals surface area (Å²) in [5.74, 6) is 1.73. The van der Waals surface area contributed by atoms with Gasteiger partial charge in [0, 0.05) is 13.2 Å². The van der Waals surface area contributed by atoms with Crippen molar-refractivity contribution >= 4 is 11.8 Å². The van der Waals surface area contributed by atoms with Crippen molar-refractivity contribution in [1.82, 2.24) is 0 Å². The average Bonchev–Trinajstić information content (AvgIpc) is 2.51. The maximum Gasteiger partial charge on any atom is 0.240 e. The standard InChI is InChI=1S/C16H15NO4/c1-19-9-10-20-16-11-13(17-12-18)7-8-15(16)21-14-5-3-2-4-6-14/h2-8,11H,9-10H2,1H3. The van der Waals surface area contributed by atoms with Crippen molar-refractivity contribution in [1.29, 1.82) is 0 Å². The molecule has 0 amide bonds. The molecule has 0 fully saturated rings. The van der Waals surface area contributed by atoms with Crippen LogP contribution < -0.4 is 9.47 Å². The normalized spacial score (nSPS) is 9.76. The zero-order valence-corrected chi connectivity index (χ0v) is 11.6. The topological polar surface area (TPSA) is 57.1 Å². The van der Waals surface area contributed by atoms with E-state index in [1.165, 1.54) is 6.08 Å². The van der Waals surface area contributed by atoms with Crippen LogP contribution in [0.5, 0.6) is 17.2 Å². The minimum absolute atomic E-state index is 0.371. The lowest BCUT2D eigenvalue weighted by atomic mass is 10.2. The predicted molar refractivity (Wildman–Crippen MR) is 78.1 cm³/mol. The van der Waals surface area contributed by atoms with Crippen LogP contribution in [-0.4, -0.2) is 26.4 Å². The summed E-state index contributed by atoms with van der Waals surface area (Å²) in [6.45, 7) is 0.821. The van der Waals surface area contributed by atoms with Crippen LogP contribution in [0.25, 0.3) is 0 Å². The molecule has 0 spiro atoms. The molecule has 5 nitrogen and oxygen atoms in total. The third-order valence-corrected chi connectivity index (χ3v) is 2.62. The number of nitrogens with zero attached hydrogens (tertiary/aromatic N) is 1. The predicted octanol–water partition coefficient (Wildman–Crippen LogP) is 3.47. The van der Waals surface area contributed by atoms with Gasteiger partial charge in [-0.25, -0.2) is 4.79 Å². The molecule has 0 bridgehead atoms. The first-order valence-corrected chi connectivity index (χ1v) is 6.40. The number of isocyanates is 1. The number of aliphatic imine (C=N–C) groups is 1. The molecule has 0 aromatic heterocycles. The Balaban J connectivity index is 2.23. The van der Waals surface area contributed by atoms with E-state index in [0.717, 1.165) is 0 Å². The Hall–Kier alpha value is -2.62. The first-order valence-electron chi connectivity index (χ1n) is 6.40. The summed E-state index contributed by atoms with van der Waals surface area (Å²) in [5, 5.41) is 0. The number of ether oxygens (including phenoxy) is 3. The highest BCUT2D eigenvalue weighted by molar-refractivity contribution is 5.56. The van der Waals surface area contributed by atoms with Crippen molar-refractivity contribution in [3.8, 4) is 17.2 Å². The van der Waals surface area contributed by atoms with Gasteiger partial charge in [0.25, 0.3) is 0 Å². The van der Waals surface area contributed by atoms with Crippen LogP contribution in [0.15, 0.2) is 53.5 Å². The Kier molecular flexibility index (Phi) is 5.52. The SMILES string of the molecule is COCCOc1cc(N=C=O)ccc1Oc1ccccc1. The van der Waals surface area contributed by atoms with E-state index in [9.17, 15) is 4.79 Å². The third-order valence-electron chi connectivity index (χ3n) is 2.62. The number of methoxy groups -OCH3 is 1. The molecular formula is C16H15NO4. The summed E-state index contributed by atoms with van der Waals surface area (Å²) in [6, 6.07) is 14.3. The lowest BCUT2D eigenvalue weighted by Crippen LogP contribution is -2.05. The molecule has 2 aromatic carbocycles. The summed E-state index contributed by atoms with van der Waals surface area (Å²) >= 11 is 0. The van der Waals surface area contributed by atoms with E-state index < -0.39 is 0 Å². The fraction of sp³-hybridized carbons (Fsp3) is 0.188. The molecule has 0 radical (unpaired) electrons. The van der Waals surface area contributed by atoms with Gasteiger partial charge in [-0.15, -0.1) is 0 Å². The Bertz CT molecular complexity index is 621. The van der Waals surface area contributed by atoms with Crippen LogP contribution in [0.4, 0.5) is 5.69 Å². The Morgan fingerprint density at radius 2 is 1.86 bits per heavy atom. The van der Waals surface area contributed by atoms with E-state index in [4.69, 9.17) is 14.2 Å². The number of para-hydroxylation sites is 1. The van der Waals surface area contributed by atoms with E-state index in [0.29, 0.717) is 36.1 Å². The van der Waals surface area contributed by atoms with Crippen LogP contribution in [0.3, 0.4) is 0 Å². The van der Waals surface area contributed by atoms with Crippen molar-refractivity contribution in [3.05, 3.63) is 48.5 Å². The molecule has 21 heavy (non-hydrogen) atoms. The minimum Gasteiger partial charge on any atom is -0.487 e. The quantitative estimate of drug-likeness (QED) is 0.444. The first-order chi connectivity index (χ1) is 10.3. The Labute approximate surface area is 122 Å². The second kappa shape index (κ2) is 7.85. The summed E-state index contributed by atoms with van der Waals surface area (Å²) in [4.78, 5) is 13.9. The minimum atomic E-state index is 0.371. The van der Waals surface area contributed by atoms with Crippen molar-refractivity contribution in [3.63, 3.8) is 0 Å². The molecule has 2 rings (SSSR count). The third kappa shape index (κ3) is 4.45. The summed E-state index contributed by atoms with van der Waals surface area (Å²) < 4.78 is 16.3. The lowest BCUT2D eigenvalue weighted by molar-refractivity contribution is 0.144. The zero-order chi connectivity index (χ0) is 14.9. The molecule has 2 aromatic rings. The van der Waals surface area contributed by atoms with Gasteiger partial charge >= 0.3 is 0 Å². The van der Waals surface area contributed by atoms with Gasteiger partial charge in [-0.1, -0.05) is 18.2 Å². The summed E-state index contributed by atoms with van der Waals surface area (Å²) in [7, 11) is 1.60. The van der Waals surface area contributed by atoms with Crippen molar-refractivity contribution < 1.29 is 19.0 Å². The smallest absolute Gasteiger partial charge is 0.240 e. The molecular weight excluding hydrogens is 270 g/mol. The van der Waals surface area contributed by atoms with Crippen LogP contribution in [0, 0.1) is 0 Å². The van der Waals surface area contributed by atoms with Gasteiger partial charge in [-0.3, -0.25) is 0 Å². The van der Waals surface area contributed by atoms with E-state index >= 15 is 0 Å². The molecule has 0 N–H and O–H groups in total. The van der Waals surface area contributed by atoms with Crippen molar-refractivity contribution in [2.24, 2.45) is 4.99 Å². The largest absolute Gasteiger partial charge is 0.487 e. The molecule has 0 aliphatic heterocycles. The van der Waals surface area contributed by atoms with E-state index in [1.54, 1.807) is 25.3 Å². The molecule has 0 aliphatic rings. The first kappa shape index (κ1) is 14.8. The second-order valence-corrected chi connectivity index (χ2v) is 4.09. The van der Waals surface area contributed by atoms with Gasteiger partial charge in [-0.2, -0.15) is 4.99 Å². The van der Waals surface area contributed by atoms with Gasteiger partial charge in [0.05, 0.1) is 12.3 Å². The zero-order valence-electron chi connectivity index (χ0n) is 11.6. The maximum atomic E-state index is 10.3. The highest BCUT2D eigenvalue weighted by Gasteiger charge is 2.08. The summed E-state index contributed by atoms with van der Waals surface area (Å²) in [6.07, 6.45) is 1.50. The average molecular weight is 285 g/mol. The molecule has 0 saturated heterocycles. The van der Waals surface area contributed by atoms with Gasteiger partial charge < -0.3 is 14.2 Å². The highest BCUT2D eigenvalue weighted by atomic mass is 16.5. The number of carbonyl (C=O) groups excluding carboxylic acids is 1. The van der Waals surface area contributed by atoms with Crippen molar-refractivity contribution in [2.45, 2.75) is 0 Å². The second-order valence-electron chi connectivity index (χ2n) is 4.09. The van der Waals surface area contributed by atoms with Gasteiger partial charge in [-0.05, 0) is 24.3 Å². The van der Waals surface area contributed by atoms with Gasteiger partial charge in [0.1, 0.15) is 12.4 Å². The molecule has 5 heteroatoms. The molecule has 0 heterocycles. The van der Waals surface area contributed by atoms with Gasteiger partial charge in [0.15, 0.2) is 11.5 Å². The molecule has 108 valence electrons. The Morgan fingerprint density at radius 3 is 2.57 bits per heavy atom. The van der Waals surface area contributed by atoms with E-state index in [1.807, 2.05) is 30.3 Å². The Morgan fingerprint density at radius 1 is 1.05 bits per heavy atom. The van der Waals surface area contributed by atoms with E-state index in [-0.39, 0.29) is 0 Å². The molecule has 0 atom stereocenters. The monoisotopic (exact) mass is 285 g/mol. The molecule has 0 unspecified atom stereocenters. The number of rotatable bonds is 7. The summed E-state index contributed by atoms with van der Waals surface area (Å²) in [5.41, 5.74) is 0.456. The lowest BCUT2D eigenvalue weighted by Gasteiger charge is -2.12. The number of benzene rings is 2. The highest BCUT2D eigenvalue weighted by Crippen LogP contribution is 2.34. The van der Waals surface area contributed by atoms with Crippen LogP contribution >= 0.6 is 0 Å². The molecule has 0 aliphatic carbocycles. The van der Waals surface area contributed by atoms with Crippen LogP contribution in [0.1, 0.15) is 0 Å². The van der Waals surface area contributed by atoms with Crippen molar-refractivity contribution in [2.75, 3.05) is 20.3 Å². The van der Waals surface area contributed by atoms with Crippen LogP contribution in [0.2, 0.25) is 0 Å². The van der Waals surface area contributed by atoms with Crippen LogP contribution in [-0.2, 0) is 9.53 Å². The fourth-order valence-corrected chi connectivity index (χ4v) is 1.67. The van der Waals surface area contributed by atoms with Gasteiger partial charge in [0.2, 0.25) is 6.08 Å². The number of hydrogen-bond donors (Lipinski definition) is 0. The van der Waals surface area contributed by atoms with E-state index in [2.05, 4.69) is 4.99 Å². The molecule has 0 saturated carbocycles. The fourth-order valence-electron chi connectivity index (χ4n) is 1.67. The maximum absolute atomic E-state index is 10.3.